The molecular weight excluding hydrogens is 368 g/mol. The third-order valence-corrected chi connectivity index (χ3v) is 5.78. The summed E-state index contributed by atoms with van der Waals surface area (Å²) in [4.78, 5) is 19.9. The second kappa shape index (κ2) is 7.58. The van der Waals surface area contributed by atoms with Crippen LogP contribution in [0.25, 0.3) is 0 Å². The van der Waals surface area contributed by atoms with E-state index in [-0.39, 0.29) is 22.1 Å². The predicted molar refractivity (Wildman–Crippen MR) is 90.8 cm³/mol. The molecule has 2 aromatic heterocycles. The molecule has 25 heavy (non-hydrogen) atoms. The Morgan fingerprint density at radius 3 is 2.56 bits per heavy atom. The van der Waals surface area contributed by atoms with E-state index in [0.717, 1.165) is 23.5 Å². The summed E-state index contributed by atoms with van der Waals surface area (Å²) in [5.41, 5.74) is -0.0258. The van der Waals surface area contributed by atoms with Crippen LogP contribution in [0.4, 0.5) is 13.9 Å². The van der Waals surface area contributed by atoms with Gasteiger partial charge in [0.25, 0.3) is 5.91 Å². The van der Waals surface area contributed by atoms with Gasteiger partial charge in [-0.2, -0.15) is 0 Å². The summed E-state index contributed by atoms with van der Waals surface area (Å²) in [6, 6.07) is 8.37. The highest BCUT2D eigenvalue weighted by Crippen LogP contribution is 2.25. The van der Waals surface area contributed by atoms with Gasteiger partial charge >= 0.3 is 0 Å². The average molecular weight is 379 g/mol. The van der Waals surface area contributed by atoms with E-state index in [0.29, 0.717) is 4.21 Å². The molecule has 3 aromatic rings. The van der Waals surface area contributed by atoms with Crippen molar-refractivity contribution in [2.45, 2.75) is 9.96 Å². The normalized spacial score (nSPS) is 11.9. The maximum atomic E-state index is 13.6. The standard InChI is InChI=1S/C16H11F2N3O2S2/c17-11-4-3-5-12(18)10(11)9-25(23)14-8-20-16(24-14)21-15(22)13-6-1-2-7-19-13/h1-8H,9H2,(H,20,21,22). The van der Waals surface area contributed by atoms with Crippen molar-refractivity contribution in [1.29, 1.82) is 0 Å². The quantitative estimate of drug-likeness (QED) is 0.738. The molecule has 3 rings (SSSR count). The number of carbonyl (C=O) groups is 1. The number of nitrogens with one attached hydrogen (secondary N) is 1. The first-order valence-corrected chi connectivity index (χ1v) is 9.17. The fourth-order valence-corrected chi connectivity index (χ4v) is 4.13. The number of anilines is 1. The Hall–Kier alpha value is -2.52. The number of pyridine rings is 1. The van der Waals surface area contributed by atoms with E-state index in [1.54, 1.807) is 18.2 Å². The number of nitrogens with zero attached hydrogens (tertiary/aromatic N) is 2. The first-order chi connectivity index (χ1) is 12.0. The van der Waals surface area contributed by atoms with Gasteiger partial charge in [0, 0.05) is 11.8 Å². The van der Waals surface area contributed by atoms with E-state index >= 15 is 0 Å². The lowest BCUT2D eigenvalue weighted by molar-refractivity contribution is 0.102. The molecule has 9 heteroatoms. The van der Waals surface area contributed by atoms with Gasteiger partial charge in [-0.25, -0.2) is 13.8 Å². The number of amides is 1. The van der Waals surface area contributed by atoms with Crippen LogP contribution in [0.2, 0.25) is 0 Å². The number of halogens is 2. The fourth-order valence-electron chi connectivity index (χ4n) is 1.95. The average Bonchev–Trinajstić information content (AvgIpc) is 3.07. The summed E-state index contributed by atoms with van der Waals surface area (Å²) >= 11 is 0.979. The molecule has 0 aliphatic carbocycles. The molecule has 5 nitrogen and oxygen atoms in total. The van der Waals surface area contributed by atoms with Crippen molar-refractivity contribution in [2.24, 2.45) is 0 Å². The largest absolute Gasteiger partial charge is 0.296 e. The number of rotatable bonds is 5. The molecule has 1 unspecified atom stereocenters. The zero-order chi connectivity index (χ0) is 17.8. The number of hydrogen-bond donors (Lipinski definition) is 1. The molecule has 128 valence electrons. The molecule has 1 aromatic carbocycles. The van der Waals surface area contributed by atoms with Crippen LogP contribution in [0.1, 0.15) is 16.1 Å². The smallest absolute Gasteiger partial charge is 0.276 e. The predicted octanol–water partition coefficient (Wildman–Crippen LogP) is 3.38. The van der Waals surface area contributed by atoms with E-state index in [1.165, 1.54) is 18.5 Å². The van der Waals surface area contributed by atoms with Crippen molar-refractivity contribution in [2.75, 3.05) is 5.32 Å². The molecule has 1 amide bonds. The highest BCUT2D eigenvalue weighted by atomic mass is 32.2. The van der Waals surface area contributed by atoms with Gasteiger partial charge < -0.3 is 0 Å². The summed E-state index contributed by atoms with van der Waals surface area (Å²) in [7, 11) is -1.68. The lowest BCUT2D eigenvalue weighted by Crippen LogP contribution is -2.12. The van der Waals surface area contributed by atoms with Gasteiger partial charge in [0.2, 0.25) is 0 Å². The number of carbonyl (C=O) groups excluding carboxylic acids is 1. The minimum Gasteiger partial charge on any atom is -0.296 e. The summed E-state index contributed by atoms with van der Waals surface area (Å²) in [6.45, 7) is 0. The Balaban J connectivity index is 1.71. The van der Waals surface area contributed by atoms with E-state index in [9.17, 15) is 17.8 Å². The monoisotopic (exact) mass is 379 g/mol. The lowest BCUT2D eigenvalue weighted by atomic mass is 10.2. The minimum atomic E-state index is -1.68. The zero-order valence-corrected chi connectivity index (χ0v) is 14.2. The Labute approximate surface area is 148 Å². The van der Waals surface area contributed by atoms with E-state index < -0.39 is 28.3 Å². The third-order valence-electron chi connectivity index (χ3n) is 3.16. The van der Waals surface area contributed by atoms with Gasteiger partial charge in [-0.05, 0) is 24.3 Å². The summed E-state index contributed by atoms with van der Waals surface area (Å²) in [5, 5.41) is 2.77. The van der Waals surface area contributed by atoms with Crippen molar-refractivity contribution in [3.63, 3.8) is 0 Å². The molecule has 1 atom stereocenters. The molecule has 0 bridgehead atoms. The zero-order valence-electron chi connectivity index (χ0n) is 12.6. The molecule has 0 aliphatic rings. The van der Waals surface area contributed by atoms with Gasteiger partial charge in [-0.3, -0.25) is 19.3 Å². The highest BCUT2D eigenvalue weighted by Gasteiger charge is 2.17. The maximum absolute atomic E-state index is 13.6. The molecule has 0 fully saturated rings. The van der Waals surface area contributed by atoms with Gasteiger partial charge in [0.05, 0.1) is 22.7 Å². The van der Waals surface area contributed by atoms with Crippen LogP contribution in [0.3, 0.4) is 0 Å². The SMILES string of the molecule is O=C(Nc1ncc(S(=O)Cc2c(F)cccc2F)s1)c1ccccn1. The number of hydrogen-bond acceptors (Lipinski definition) is 5. The van der Waals surface area contributed by atoms with Crippen LogP contribution >= 0.6 is 11.3 Å². The minimum absolute atomic E-state index is 0.216. The Bertz CT molecular complexity index is 912. The van der Waals surface area contributed by atoms with Crippen molar-refractivity contribution < 1.29 is 17.8 Å². The molecule has 2 heterocycles. The van der Waals surface area contributed by atoms with Crippen molar-refractivity contribution in [1.82, 2.24) is 9.97 Å². The first kappa shape index (κ1) is 17.3. The number of benzene rings is 1. The molecular formula is C16H11F2N3O2S2. The van der Waals surface area contributed by atoms with Gasteiger partial charge in [-0.15, -0.1) is 0 Å². The van der Waals surface area contributed by atoms with Crippen LogP contribution in [0.15, 0.2) is 53.0 Å². The van der Waals surface area contributed by atoms with E-state index in [4.69, 9.17) is 0 Å². The molecule has 1 N–H and O–H groups in total. The summed E-state index contributed by atoms with van der Waals surface area (Å²) in [6.07, 6.45) is 2.80. The van der Waals surface area contributed by atoms with Crippen LogP contribution in [0.5, 0.6) is 0 Å². The molecule has 0 saturated carbocycles. The highest BCUT2D eigenvalue weighted by molar-refractivity contribution is 7.86. The summed E-state index contributed by atoms with van der Waals surface area (Å²) < 4.78 is 39.9. The third kappa shape index (κ3) is 4.12. The van der Waals surface area contributed by atoms with E-state index in [1.807, 2.05) is 0 Å². The summed E-state index contributed by atoms with van der Waals surface area (Å²) in [5.74, 6) is -2.26. The number of thiazole rings is 1. The Kier molecular flexibility index (Phi) is 5.25. The molecule has 0 spiro atoms. The van der Waals surface area contributed by atoms with Gasteiger partial charge in [0.1, 0.15) is 21.5 Å². The second-order valence-corrected chi connectivity index (χ2v) is 7.55. The van der Waals surface area contributed by atoms with Crippen LogP contribution in [0, 0.1) is 11.6 Å². The Morgan fingerprint density at radius 1 is 1.12 bits per heavy atom. The fraction of sp³-hybridized carbons (Fsp3) is 0.0625. The molecule has 0 saturated heterocycles. The number of aromatic nitrogens is 2. The van der Waals surface area contributed by atoms with Gasteiger partial charge in [-0.1, -0.05) is 23.5 Å². The van der Waals surface area contributed by atoms with Crippen LogP contribution < -0.4 is 5.32 Å². The lowest BCUT2D eigenvalue weighted by Gasteiger charge is -2.03. The van der Waals surface area contributed by atoms with Crippen LogP contribution in [-0.4, -0.2) is 20.1 Å². The second-order valence-electron chi connectivity index (χ2n) is 4.84. The van der Waals surface area contributed by atoms with Crippen molar-refractivity contribution >= 4 is 33.2 Å². The van der Waals surface area contributed by atoms with Gasteiger partial charge in [0.15, 0.2) is 5.13 Å². The van der Waals surface area contributed by atoms with Crippen molar-refractivity contribution in [3.05, 3.63) is 71.7 Å². The topological polar surface area (TPSA) is 72.0 Å². The van der Waals surface area contributed by atoms with E-state index in [2.05, 4.69) is 15.3 Å². The first-order valence-electron chi connectivity index (χ1n) is 7.04. The molecule has 0 radical (unpaired) electrons. The molecule has 0 aliphatic heterocycles. The van der Waals surface area contributed by atoms with Crippen molar-refractivity contribution in [3.8, 4) is 0 Å². The Morgan fingerprint density at radius 2 is 1.88 bits per heavy atom. The van der Waals surface area contributed by atoms with Crippen LogP contribution in [-0.2, 0) is 16.6 Å². The maximum Gasteiger partial charge on any atom is 0.276 e.